The van der Waals surface area contributed by atoms with E-state index >= 15 is 0 Å². The molecule has 126 valence electrons. The fraction of sp³-hybridized carbons (Fsp3) is 0.300. The van der Waals surface area contributed by atoms with Crippen molar-refractivity contribution in [3.63, 3.8) is 0 Å². The zero-order valence-corrected chi connectivity index (χ0v) is 13.9. The number of aromatic carboxylic acids is 1. The molecule has 0 aliphatic rings. The molecule has 0 aliphatic heterocycles. The lowest BCUT2D eigenvalue weighted by Crippen LogP contribution is -2.31. The van der Waals surface area contributed by atoms with Gasteiger partial charge in [0.25, 0.3) is 0 Å². The molecule has 0 radical (unpaired) electrons. The van der Waals surface area contributed by atoms with Gasteiger partial charge < -0.3 is 10.4 Å². The SMILES string of the molecule is CCCC(C(=O)NCCc1ccc(C(=O)O)cc1)c1ccccc1. The van der Waals surface area contributed by atoms with E-state index in [1.807, 2.05) is 30.3 Å². The topological polar surface area (TPSA) is 66.4 Å². The molecule has 0 spiro atoms. The molecule has 0 saturated carbocycles. The smallest absolute Gasteiger partial charge is 0.335 e. The van der Waals surface area contributed by atoms with Crippen LogP contribution >= 0.6 is 0 Å². The molecule has 24 heavy (non-hydrogen) atoms. The van der Waals surface area contributed by atoms with Gasteiger partial charge >= 0.3 is 5.97 Å². The summed E-state index contributed by atoms with van der Waals surface area (Å²) in [5.74, 6) is -1.00. The van der Waals surface area contributed by atoms with Crippen LogP contribution in [0.25, 0.3) is 0 Å². The summed E-state index contributed by atoms with van der Waals surface area (Å²) >= 11 is 0. The van der Waals surface area contributed by atoms with Gasteiger partial charge in [0.15, 0.2) is 0 Å². The molecule has 1 atom stereocenters. The fourth-order valence-corrected chi connectivity index (χ4v) is 2.69. The third-order valence-electron chi connectivity index (χ3n) is 4.01. The Labute approximate surface area is 142 Å². The second-order valence-corrected chi connectivity index (χ2v) is 5.80. The van der Waals surface area contributed by atoms with Crippen LogP contribution in [0.4, 0.5) is 0 Å². The molecular weight excluding hydrogens is 302 g/mol. The van der Waals surface area contributed by atoms with Crippen LogP contribution in [0.3, 0.4) is 0 Å². The third-order valence-corrected chi connectivity index (χ3v) is 4.01. The number of carbonyl (C=O) groups excluding carboxylic acids is 1. The van der Waals surface area contributed by atoms with Gasteiger partial charge in [-0.25, -0.2) is 4.79 Å². The predicted octanol–water partition coefficient (Wildman–Crippen LogP) is 3.63. The van der Waals surface area contributed by atoms with Crippen molar-refractivity contribution in [2.75, 3.05) is 6.54 Å². The van der Waals surface area contributed by atoms with Crippen LogP contribution in [0.15, 0.2) is 54.6 Å². The normalized spacial score (nSPS) is 11.7. The van der Waals surface area contributed by atoms with Crippen molar-refractivity contribution in [3.8, 4) is 0 Å². The van der Waals surface area contributed by atoms with Crippen molar-refractivity contribution in [1.82, 2.24) is 5.32 Å². The monoisotopic (exact) mass is 325 g/mol. The largest absolute Gasteiger partial charge is 0.478 e. The van der Waals surface area contributed by atoms with Gasteiger partial charge in [-0.3, -0.25) is 4.79 Å². The molecule has 1 amide bonds. The van der Waals surface area contributed by atoms with Crippen LogP contribution in [0, 0.1) is 0 Å². The Bertz CT molecular complexity index is 665. The second kappa shape index (κ2) is 8.87. The summed E-state index contributed by atoms with van der Waals surface area (Å²) < 4.78 is 0. The Morgan fingerprint density at radius 2 is 1.71 bits per heavy atom. The lowest BCUT2D eigenvalue weighted by molar-refractivity contribution is -0.122. The maximum atomic E-state index is 12.5. The van der Waals surface area contributed by atoms with Gasteiger partial charge in [-0.1, -0.05) is 55.8 Å². The number of amides is 1. The number of benzene rings is 2. The Hall–Kier alpha value is -2.62. The van der Waals surface area contributed by atoms with E-state index in [1.165, 1.54) is 0 Å². The second-order valence-electron chi connectivity index (χ2n) is 5.80. The number of rotatable bonds is 8. The number of nitrogens with one attached hydrogen (secondary N) is 1. The highest BCUT2D eigenvalue weighted by Crippen LogP contribution is 2.21. The zero-order chi connectivity index (χ0) is 17.4. The molecule has 2 aromatic rings. The average molecular weight is 325 g/mol. The molecule has 4 heteroatoms. The first-order chi connectivity index (χ1) is 11.6. The van der Waals surface area contributed by atoms with E-state index in [1.54, 1.807) is 24.3 Å². The van der Waals surface area contributed by atoms with Gasteiger partial charge in [0.1, 0.15) is 0 Å². The van der Waals surface area contributed by atoms with E-state index in [0.717, 1.165) is 24.0 Å². The Morgan fingerprint density at radius 3 is 2.29 bits per heavy atom. The molecule has 2 N–H and O–H groups in total. The number of hydrogen-bond acceptors (Lipinski definition) is 2. The van der Waals surface area contributed by atoms with Crippen molar-refractivity contribution in [2.24, 2.45) is 0 Å². The minimum atomic E-state index is -0.930. The highest BCUT2D eigenvalue weighted by molar-refractivity contribution is 5.87. The first-order valence-corrected chi connectivity index (χ1v) is 8.26. The molecule has 2 aromatic carbocycles. The highest BCUT2D eigenvalue weighted by atomic mass is 16.4. The minimum Gasteiger partial charge on any atom is -0.478 e. The van der Waals surface area contributed by atoms with Gasteiger partial charge in [0.2, 0.25) is 5.91 Å². The molecule has 0 saturated heterocycles. The summed E-state index contributed by atoms with van der Waals surface area (Å²) in [6.45, 7) is 2.62. The van der Waals surface area contributed by atoms with Gasteiger partial charge in [-0.2, -0.15) is 0 Å². The molecule has 0 heterocycles. The number of carbonyl (C=O) groups is 2. The summed E-state index contributed by atoms with van der Waals surface area (Å²) in [7, 11) is 0. The molecule has 4 nitrogen and oxygen atoms in total. The standard InChI is InChI=1S/C20H23NO3/c1-2-6-18(16-7-4-3-5-8-16)19(22)21-14-13-15-9-11-17(12-10-15)20(23)24/h3-5,7-12,18H,2,6,13-14H2,1H3,(H,21,22)(H,23,24). The molecular formula is C20H23NO3. The quantitative estimate of drug-likeness (QED) is 0.779. The van der Waals surface area contributed by atoms with Gasteiger partial charge in [0, 0.05) is 6.54 Å². The molecule has 1 unspecified atom stereocenters. The van der Waals surface area contributed by atoms with Crippen molar-refractivity contribution in [3.05, 3.63) is 71.3 Å². The predicted molar refractivity (Wildman–Crippen MR) is 94.2 cm³/mol. The first-order valence-electron chi connectivity index (χ1n) is 8.26. The molecule has 0 aromatic heterocycles. The number of hydrogen-bond donors (Lipinski definition) is 2. The highest BCUT2D eigenvalue weighted by Gasteiger charge is 2.18. The van der Waals surface area contributed by atoms with E-state index in [2.05, 4.69) is 12.2 Å². The minimum absolute atomic E-state index is 0.0465. The summed E-state index contributed by atoms with van der Waals surface area (Å²) in [6, 6.07) is 16.6. The summed E-state index contributed by atoms with van der Waals surface area (Å²) in [4.78, 5) is 23.3. The maximum Gasteiger partial charge on any atom is 0.335 e. The molecule has 0 aliphatic carbocycles. The molecule has 2 rings (SSSR count). The van der Waals surface area contributed by atoms with Crippen molar-refractivity contribution < 1.29 is 14.7 Å². The van der Waals surface area contributed by atoms with Gasteiger partial charge in [-0.05, 0) is 36.1 Å². The van der Waals surface area contributed by atoms with Crippen LogP contribution < -0.4 is 5.32 Å². The maximum absolute atomic E-state index is 12.5. The van der Waals surface area contributed by atoms with E-state index in [0.29, 0.717) is 13.0 Å². The lowest BCUT2D eigenvalue weighted by atomic mass is 9.93. The van der Waals surface area contributed by atoms with Crippen LogP contribution in [0.5, 0.6) is 0 Å². The summed E-state index contributed by atoms with van der Waals surface area (Å²) in [6.07, 6.45) is 2.45. The lowest BCUT2D eigenvalue weighted by Gasteiger charge is -2.16. The van der Waals surface area contributed by atoms with Crippen molar-refractivity contribution in [1.29, 1.82) is 0 Å². The van der Waals surface area contributed by atoms with Crippen molar-refractivity contribution >= 4 is 11.9 Å². The van der Waals surface area contributed by atoms with Crippen LogP contribution in [0.1, 0.15) is 47.2 Å². The fourth-order valence-electron chi connectivity index (χ4n) is 2.69. The van der Waals surface area contributed by atoms with E-state index in [-0.39, 0.29) is 17.4 Å². The molecule has 0 bridgehead atoms. The van der Waals surface area contributed by atoms with Crippen LogP contribution in [-0.4, -0.2) is 23.5 Å². The third kappa shape index (κ3) is 4.95. The van der Waals surface area contributed by atoms with Crippen LogP contribution in [-0.2, 0) is 11.2 Å². The van der Waals surface area contributed by atoms with Crippen molar-refractivity contribution in [2.45, 2.75) is 32.1 Å². The summed E-state index contributed by atoms with van der Waals surface area (Å²) in [5.41, 5.74) is 2.32. The van der Waals surface area contributed by atoms with E-state index in [4.69, 9.17) is 5.11 Å². The number of carboxylic acid groups (broad SMARTS) is 1. The van der Waals surface area contributed by atoms with Crippen LogP contribution in [0.2, 0.25) is 0 Å². The Kier molecular flexibility index (Phi) is 6.55. The summed E-state index contributed by atoms with van der Waals surface area (Å²) in [5, 5.41) is 11.9. The molecule has 0 fully saturated rings. The Morgan fingerprint density at radius 1 is 1.04 bits per heavy atom. The number of carboxylic acids is 1. The van der Waals surface area contributed by atoms with E-state index < -0.39 is 5.97 Å². The zero-order valence-electron chi connectivity index (χ0n) is 13.9. The van der Waals surface area contributed by atoms with Gasteiger partial charge in [0.05, 0.1) is 11.5 Å². The average Bonchev–Trinajstić information content (AvgIpc) is 2.60. The van der Waals surface area contributed by atoms with E-state index in [9.17, 15) is 9.59 Å². The Balaban J connectivity index is 1.90. The van der Waals surface area contributed by atoms with Gasteiger partial charge in [-0.15, -0.1) is 0 Å². The first kappa shape index (κ1) is 17.7.